The van der Waals surface area contributed by atoms with Crippen molar-refractivity contribution < 1.29 is 0 Å². The molecule has 2 rings (SSSR count). The van der Waals surface area contributed by atoms with Crippen LogP contribution in [0.3, 0.4) is 0 Å². The van der Waals surface area contributed by atoms with E-state index in [4.69, 9.17) is 0 Å². The molecule has 0 atom stereocenters. The van der Waals surface area contributed by atoms with Crippen LogP contribution in [0, 0.1) is 0 Å². The molecule has 4 heteroatoms. The van der Waals surface area contributed by atoms with Crippen molar-refractivity contribution in [2.45, 2.75) is 32.1 Å². The second-order valence-corrected chi connectivity index (χ2v) is 4.34. The molecular weight excluding hydrogens is 200 g/mol. The van der Waals surface area contributed by atoms with Gasteiger partial charge in [-0.05, 0) is 24.8 Å². The third-order valence-electron chi connectivity index (χ3n) is 2.88. The van der Waals surface area contributed by atoms with Crippen LogP contribution in [-0.2, 0) is 13.5 Å². The summed E-state index contributed by atoms with van der Waals surface area (Å²) in [6.45, 7) is 1.96. The van der Waals surface area contributed by atoms with Crippen LogP contribution in [0.4, 0.5) is 0 Å². The summed E-state index contributed by atoms with van der Waals surface area (Å²) >= 11 is 0. The summed E-state index contributed by atoms with van der Waals surface area (Å²) in [6, 6.07) is 0. The predicted molar refractivity (Wildman–Crippen MR) is 65.7 cm³/mol. The molecule has 1 N–H and O–H groups in total. The first-order chi connectivity index (χ1) is 7.84. The normalized spacial score (nSPS) is 16.7. The first kappa shape index (κ1) is 11.2. The molecule has 16 heavy (non-hydrogen) atoms. The quantitative estimate of drug-likeness (QED) is 0.839. The monoisotopic (exact) mass is 220 g/mol. The zero-order valence-electron chi connectivity index (χ0n) is 9.95. The molecule has 0 saturated carbocycles. The van der Waals surface area contributed by atoms with Gasteiger partial charge in [-0.3, -0.25) is 9.67 Å². The molecule has 0 saturated heterocycles. The van der Waals surface area contributed by atoms with Crippen LogP contribution in [0.25, 0.3) is 0 Å². The van der Waals surface area contributed by atoms with Crippen LogP contribution in [-0.4, -0.2) is 28.7 Å². The molecule has 0 radical (unpaired) electrons. The molecule has 0 fully saturated rings. The fraction of sp³-hybridized carbons (Fsp3) is 0.667. The Bertz CT molecular complexity index is 354. The van der Waals surface area contributed by atoms with E-state index in [1.807, 2.05) is 17.9 Å². The third-order valence-corrected chi connectivity index (χ3v) is 2.88. The SMILES string of the molecule is Cn1cc(CCNC2=NCCCCC2)cn1. The molecule has 0 unspecified atom stereocenters. The van der Waals surface area contributed by atoms with Crippen molar-refractivity contribution in [2.75, 3.05) is 13.1 Å². The van der Waals surface area contributed by atoms with E-state index in [0.717, 1.165) is 25.9 Å². The Morgan fingerprint density at radius 3 is 3.12 bits per heavy atom. The van der Waals surface area contributed by atoms with E-state index < -0.39 is 0 Å². The first-order valence-corrected chi connectivity index (χ1v) is 6.09. The highest BCUT2D eigenvalue weighted by Crippen LogP contribution is 2.06. The molecule has 1 aromatic heterocycles. The lowest BCUT2D eigenvalue weighted by atomic mass is 10.2. The van der Waals surface area contributed by atoms with E-state index in [1.54, 1.807) is 0 Å². The fourth-order valence-corrected chi connectivity index (χ4v) is 1.97. The summed E-state index contributed by atoms with van der Waals surface area (Å²) in [5.74, 6) is 1.20. The minimum Gasteiger partial charge on any atom is -0.374 e. The van der Waals surface area contributed by atoms with Gasteiger partial charge in [0.1, 0.15) is 0 Å². The van der Waals surface area contributed by atoms with Gasteiger partial charge >= 0.3 is 0 Å². The number of aryl methyl sites for hydroxylation is 1. The smallest absolute Gasteiger partial charge is 0.0963 e. The Morgan fingerprint density at radius 1 is 1.38 bits per heavy atom. The summed E-state index contributed by atoms with van der Waals surface area (Å²) in [4.78, 5) is 4.54. The lowest BCUT2D eigenvalue weighted by Gasteiger charge is -2.06. The van der Waals surface area contributed by atoms with Gasteiger partial charge in [-0.2, -0.15) is 5.10 Å². The zero-order chi connectivity index (χ0) is 11.2. The van der Waals surface area contributed by atoms with E-state index in [-0.39, 0.29) is 0 Å². The lowest BCUT2D eigenvalue weighted by molar-refractivity contribution is 0.727. The molecule has 1 aliphatic heterocycles. The molecule has 1 aliphatic rings. The molecule has 88 valence electrons. The van der Waals surface area contributed by atoms with Gasteiger partial charge in [0, 0.05) is 32.8 Å². The Labute approximate surface area is 96.8 Å². The van der Waals surface area contributed by atoms with Crippen molar-refractivity contribution in [1.29, 1.82) is 0 Å². The number of rotatable bonds is 3. The highest BCUT2D eigenvalue weighted by molar-refractivity contribution is 5.82. The van der Waals surface area contributed by atoms with Crippen molar-refractivity contribution >= 4 is 5.84 Å². The van der Waals surface area contributed by atoms with E-state index >= 15 is 0 Å². The van der Waals surface area contributed by atoms with Gasteiger partial charge in [0.25, 0.3) is 0 Å². The van der Waals surface area contributed by atoms with Crippen molar-refractivity contribution in [1.82, 2.24) is 15.1 Å². The van der Waals surface area contributed by atoms with Gasteiger partial charge in [-0.15, -0.1) is 0 Å². The molecule has 0 bridgehead atoms. The predicted octanol–water partition coefficient (Wildman–Crippen LogP) is 1.52. The minimum absolute atomic E-state index is 0.963. The molecule has 0 aromatic carbocycles. The van der Waals surface area contributed by atoms with Crippen LogP contribution in [0.2, 0.25) is 0 Å². The maximum Gasteiger partial charge on any atom is 0.0963 e. The number of nitrogens with zero attached hydrogens (tertiary/aromatic N) is 3. The maximum atomic E-state index is 4.54. The van der Waals surface area contributed by atoms with Gasteiger partial charge < -0.3 is 5.32 Å². The Morgan fingerprint density at radius 2 is 2.31 bits per heavy atom. The minimum atomic E-state index is 0.963. The average molecular weight is 220 g/mol. The number of nitrogens with one attached hydrogen (secondary N) is 1. The molecule has 4 nitrogen and oxygen atoms in total. The summed E-state index contributed by atoms with van der Waals surface area (Å²) in [7, 11) is 1.95. The molecular formula is C12H20N4. The lowest BCUT2D eigenvalue weighted by Crippen LogP contribution is -2.25. The molecule has 0 spiro atoms. The summed E-state index contributed by atoms with van der Waals surface area (Å²) in [6.07, 6.45) is 9.97. The van der Waals surface area contributed by atoms with Gasteiger partial charge in [0.15, 0.2) is 0 Å². The third kappa shape index (κ3) is 3.36. The number of aromatic nitrogens is 2. The number of amidine groups is 1. The van der Waals surface area contributed by atoms with Crippen molar-refractivity contribution in [3.8, 4) is 0 Å². The van der Waals surface area contributed by atoms with Gasteiger partial charge in [-0.25, -0.2) is 0 Å². The molecule has 0 aliphatic carbocycles. The van der Waals surface area contributed by atoms with E-state index in [0.29, 0.717) is 0 Å². The Hall–Kier alpha value is -1.32. The van der Waals surface area contributed by atoms with Crippen LogP contribution in [0.15, 0.2) is 17.4 Å². The number of aliphatic imine (C=N–C) groups is 1. The van der Waals surface area contributed by atoms with E-state index in [1.165, 1.54) is 30.7 Å². The molecule has 2 heterocycles. The van der Waals surface area contributed by atoms with E-state index in [2.05, 4.69) is 21.6 Å². The average Bonchev–Trinajstić information content (AvgIpc) is 2.54. The highest BCUT2D eigenvalue weighted by atomic mass is 15.2. The van der Waals surface area contributed by atoms with E-state index in [9.17, 15) is 0 Å². The van der Waals surface area contributed by atoms with Crippen LogP contribution in [0.1, 0.15) is 31.2 Å². The van der Waals surface area contributed by atoms with Crippen LogP contribution in [0.5, 0.6) is 0 Å². The van der Waals surface area contributed by atoms with Gasteiger partial charge in [-0.1, -0.05) is 6.42 Å². The van der Waals surface area contributed by atoms with Gasteiger partial charge in [0.2, 0.25) is 0 Å². The summed E-state index contributed by atoms with van der Waals surface area (Å²) < 4.78 is 1.85. The highest BCUT2D eigenvalue weighted by Gasteiger charge is 2.03. The second kappa shape index (κ2) is 5.68. The molecule has 1 aromatic rings. The second-order valence-electron chi connectivity index (χ2n) is 4.34. The standard InChI is InChI=1S/C12H20N4/c1-16-10-11(9-15-16)6-8-14-12-5-3-2-4-7-13-12/h9-10H,2-8H2,1H3,(H,13,14). The van der Waals surface area contributed by atoms with Crippen LogP contribution < -0.4 is 5.32 Å². The van der Waals surface area contributed by atoms with Crippen molar-refractivity contribution in [3.63, 3.8) is 0 Å². The largest absolute Gasteiger partial charge is 0.374 e. The van der Waals surface area contributed by atoms with Gasteiger partial charge in [0.05, 0.1) is 12.0 Å². The fourth-order valence-electron chi connectivity index (χ4n) is 1.97. The topological polar surface area (TPSA) is 42.2 Å². The van der Waals surface area contributed by atoms with Crippen molar-refractivity contribution in [3.05, 3.63) is 18.0 Å². The maximum absolute atomic E-state index is 4.54. The first-order valence-electron chi connectivity index (χ1n) is 6.09. The number of hydrogen-bond acceptors (Lipinski definition) is 3. The molecule has 0 amide bonds. The van der Waals surface area contributed by atoms with Crippen molar-refractivity contribution in [2.24, 2.45) is 12.0 Å². The van der Waals surface area contributed by atoms with Crippen LogP contribution >= 0.6 is 0 Å². The number of hydrogen-bond donors (Lipinski definition) is 1. The Balaban J connectivity index is 1.73. The Kier molecular flexibility index (Phi) is 3.97. The summed E-state index contributed by atoms with van der Waals surface area (Å²) in [5, 5.41) is 7.59. The summed E-state index contributed by atoms with van der Waals surface area (Å²) in [5.41, 5.74) is 1.28. The zero-order valence-corrected chi connectivity index (χ0v) is 9.95.